The highest BCUT2D eigenvalue weighted by atomic mass is 16.7. The third-order valence-corrected chi connectivity index (χ3v) is 13.1. The van der Waals surface area contributed by atoms with Gasteiger partial charge in [-0.2, -0.15) is 0 Å². The third kappa shape index (κ3) is 5.82. The lowest BCUT2D eigenvalue weighted by Crippen LogP contribution is -2.59. The Kier molecular flexibility index (Phi) is 9.87. The third-order valence-electron chi connectivity index (χ3n) is 13.1. The van der Waals surface area contributed by atoms with Crippen molar-refractivity contribution in [2.75, 3.05) is 21.0 Å². The van der Waals surface area contributed by atoms with E-state index < -0.39 is 42.6 Å². The Morgan fingerprint density at radius 3 is 2.57 bits per heavy atom. The number of methoxy groups -OCH3 is 2. The number of fused-ring (bicyclic) bond motifs is 5. The largest absolute Gasteiger partial charge is 0.493 e. The summed E-state index contributed by atoms with van der Waals surface area (Å²) in [5.41, 5.74) is 0.278. The van der Waals surface area contributed by atoms with E-state index in [1.807, 2.05) is 20.8 Å². The van der Waals surface area contributed by atoms with Crippen LogP contribution in [0.3, 0.4) is 0 Å². The predicted octanol–water partition coefficient (Wildman–Crippen LogP) is 4.80. The number of hydrogen-bond donors (Lipinski definition) is 2. The van der Waals surface area contributed by atoms with E-state index in [0.717, 1.165) is 44.9 Å². The lowest BCUT2D eigenvalue weighted by molar-refractivity contribution is -0.296. The standard InChI is InChI=1S/C36H56O10/c1-20-16-28(41-7)32(38)33(43-20)46-24-10-13-34(4)23(17-24)8-9-25-26(34)11-14-35(5)27(25)12-15-36(35,39)22(3)45-30-18-29(42-19-40-6)31(37)21(2)44-30/h8,16,20-22,24-27,29-31,33,37,39H,9-15,17-19H2,1-7H3/t20?,21-,22+,24+,25-,26+,27+,29+,30-,31-,33?,34+,35+,36+/m1/s1. The van der Waals surface area contributed by atoms with Gasteiger partial charge in [-0.3, -0.25) is 4.79 Å². The van der Waals surface area contributed by atoms with Crippen molar-refractivity contribution >= 4 is 5.78 Å². The molecule has 6 aliphatic rings. The van der Waals surface area contributed by atoms with Gasteiger partial charge in [-0.25, -0.2) is 0 Å². The molecule has 3 saturated carbocycles. The van der Waals surface area contributed by atoms with E-state index in [1.54, 1.807) is 13.2 Å². The molecule has 2 N–H and O–H groups in total. The summed E-state index contributed by atoms with van der Waals surface area (Å²) in [5.74, 6) is 1.50. The lowest BCUT2D eigenvalue weighted by Gasteiger charge is -2.59. The maximum absolute atomic E-state index is 12.8. The molecule has 0 spiro atoms. The van der Waals surface area contributed by atoms with E-state index in [1.165, 1.54) is 12.7 Å². The van der Waals surface area contributed by atoms with E-state index in [2.05, 4.69) is 19.9 Å². The van der Waals surface area contributed by atoms with E-state index in [9.17, 15) is 15.0 Å². The fourth-order valence-electron chi connectivity index (χ4n) is 10.4. The summed E-state index contributed by atoms with van der Waals surface area (Å²) in [7, 11) is 3.07. The number of carbonyl (C=O) groups is 1. The second kappa shape index (κ2) is 13.2. The van der Waals surface area contributed by atoms with Crippen molar-refractivity contribution in [3.63, 3.8) is 0 Å². The minimum atomic E-state index is -0.982. The van der Waals surface area contributed by atoms with E-state index in [-0.39, 0.29) is 35.6 Å². The number of Topliss-reactive ketones (excluding diaryl/α,β-unsaturated/α-hetero) is 1. The molecule has 1 saturated heterocycles. The minimum Gasteiger partial charge on any atom is -0.493 e. The summed E-state index contributed by atoms with van der Waals surface area (Å²) in [6.45, 7) is 10.5. The number of allylic oxidation sites excluding steroid dienone is 1. The predicted molar refractivity (Wildman–Crippen MR) is 168 cm³/mol. The number of ether oxygens (including phenoxy) is 7. The van der Waals surface area contributed by atoms with Gasteiger partial charge in [-0.1, -0.05) is 25.5 Å². The van der Waals surface area contributed by atoms with Crippen LogP contribution >= 0.6 is 0 Å². The zero-order valence-electron chi connectivity index (χ0n) is 28.7. The van der Waals surface area contributed by atoms with Gasteiger partial charge in [-0.15, -0.1) is 0 Å². The summed E-state index contributed by atoms with van der Waals surface area (Å²) in [5, 5.41) is 23.0. The zero-order chi connectivity index (χ0) is 33.0. The van der Waals surface area contributed by atoms with Crippen LogP contribution in [0.15, 0.2) is 23.5 Å². The summed E-state index contributed by atoms with van der Waals surface area (Å²) in [4.78, 5) is 12.8. The first-order valence-corrected chi connectivity index (χ1v) is 17.5. The fourth-order valence-corrected chi connectivity index (χ4v) is 10.4. The molecule has 0 aromatic carbocycles. The molecule has 0 aromatic rings. The Labute approximate surface area is 274 Å². The topological polar surface area (TPSA) is 122 Å². The molecule has 10 nitrogen and oxygen atoms in total. The lowest BCUT2D eigenvalue weighted by atomic mass is 9.46. The maximum atomic E-state index is 12.8. The average molecular weight is 649 g/mol. The van der Waals surface area contributed by atoms with Crippen molar-refractivity contribution in [2.45, 2.75) is 147 Å². The van der Waals surface area contributed by atoms with Crippen molar-refractivity contribution in [1.29, 1.82) is 0 Å². The number of ketones is 1. The number of aliphatic hydroxyl groups excluding tert-OH is 1. The molecule has 46 heavy (non-hydrogen) atoms. The average Bonchev–Trinajstić information content (AvgIpc) is 3.31. The number of hydrogen-bond acceptors (Lipinski definition) is 10. The molecule has 0 radical (unpaired) electrons. The number of rotatable bonds is 9. The van der Waals surface area contributed by atoms with Crippen LogP contribution < -0.4 is 0 Å². The van der Waals surface area contributed by atoms with Crippen LogP contribution in [0.5, 0.6) is 0 Å². The molecule has 2 heterocycles. The Bertz CT molecular complexity index is 1190. The molecule has 260 valence electrons. The first-order chi connectivity index (χ1) is 21.8. The first-order valence-electron chi connectivity index (χ1n) is 17.5. The van der Waals surface area contributed by atoms with Crippen LogP contribution in [-0.4, -0.2) is 91.8 Å². The molecule has 14 atom stereocenters. The smallest absolute Gasteiger partial charge is 0.252 e. The van der Waals surface area contributed by atoms with E-state index in [4.69, 9.17) is 33.2 Å². The highest BCUT2D eigenvalue weighted by molar-refractivity contribution is 5.96. The Balaban J connectivity index is 1.12. The normalized spacial score (nSPS) is 48.1. The molecule has 6 rings (SSSR count). The Morgan fingerprint density at radius 1 is 1.07 bits per heavy atom. The molecule has 10 heteroatoms. The summed E-state index contributed by atoms with van der Waals surface area (Å²) in [6, 6.07) is 0. The Morgan fingerprint density at radius 2 is 1.83 bits per heavy atom. The number of carbonyl (C=O) groups excluding carboxylic acids is 1. The molecular weight excluding hydrogens is 592 g/mol. The van der Waals surface area contributed by atoms with Gasteiger partial charge >= 0.3 is 0 Å². The van der Waals surface area contributed by atoms with Gasteiger partial charge in [-0.05, 0) is 101 Å². The van der Waals surface area contributed by atoms with Crippen LogP contribution in [0.2, 0.25) is 0 Å². The monoisotopic (exact) mass is 648 g/mol. The maximum Gasteiger partial charge on any atom is 0.252 e. The molecule has 4 aliphatic carbocycles. The van der Waals surface area contributed by atoms with Crippen molar-refractivity contribution in [3.05, 3.63) is 23.5 Å². The van der Waals surface area contributed by atoms with Crippen LogP contribution in [0, 0.1) is 28.6 Å². The zero-order valence-corrected chi connectivity index (χ0v) is 28.7. The molecular formula is C36H56O10. The number of aliphatic hydroxyl groups is 2. The molecule has 0 aromatic heterocycles. The molecule has 4 fully saturated rings. The van der Waals surface area contributed by atoms with Crippen molar-refractivity contribution in [3.8, 4) is 0 Å². The van der Waals surface area contributed by atoms with Gasteiger partial charge in [0.15, 0.2) is 12.0 Å². The SMILES string of the molecule is COCO[C@H]1C[C@@H](O[C@@H](C)[C@@]2(O)CC[C@H]3[C@@H]4CC=C5C[C@@H](OC6OC(C)C=C(OC)C6=O)CC[C@]5(C)[C@H]4CC[C@@]32C)O[C@H](C)[C@H]1O. The van der Waals surface area contributed by atoms with Crippen LogP contribution in [0.4, 0.5) is 0 Å². The van der Waals surface area contributed by atoms with Gasteiger partial charge in [0.2, 0.25) is 6.29 Å². The van der Waals surface area contributed by atoms with Crippen LogP contribution in [0.1, 0.15) is 92.4 Å². The van der Waals surface area contributed by atoms with Gasteiger partial charge in [0.25, 0.3) is 5.78 Å². The van der Waals surface area contributed by atoms with Crippen molar-refractivity contribution in [2.24, 2.45) is 28.6 Å². The van der Waals surface area contributed by atoms with Crippen LogP contribution in [-0.2, 0) is 38.0 Å². The molecule has 0 bridgehead atoms. The van der Waals surface area contributed by atoms with E-state index in [0.29, 0.717) is 36.4 Å². The quantitative estimate of drug-likeness (QED) is 0.266. The van der Waals surface area contributed by atoms with Gasteiger partial charge in [0, 0.05) is 18.9 Å². The molecule has 2 aliphatic heterocycles. The molecule has 2 unspecified atom stereocenters. The molecule has 0 amide bonds. The van der Waals surface area contributed by atoms with E-state index >= 15 is 0 Å². The van der Waals surface area contributed by atoms with Crippen LogP contribution in [0.25, 0.3) is 0 Å². The van der Waals surface area contributed by atoms with Gasteiger partial charge < -0.3 is 43.4 Å². The van der Waals surface area contributed by atoms with Crippen molar-refractivity contribution in [1.82, 2.24) is 0 Å². The fraction of sp³-hybridized carbons (Fsp3) is 0.861. The highest BCUT2D eigenvalue weighted by Crippen LogP contribution is 2.68. The first kappa shape index (κ1) is 34.5. The summed E-state index contributed by atoms with van der Waals surface area (Å²) < 4.78 is 40.7. The Hall–Kier alpha value is -1.37. The van der Waals surface area contributed by atoms with Crippen molar-refractivity contribution < 1.29 is 48.2 Å². The second-order valence-corrected chi connectivity index (χ2v) is 15.3. The highest BCUT2D eigenvalue weighted by Gasteiger charge is 2.65. The van der Waals surface area contributed by atoms with Gasteiger partial charge in [0.05, 0.1) is 43.2 Å². The minimum absolute atomic E-state index is 0.0676. The van der Waals surface area contributed by atoms with Gasteiger partial charge in [0.1, 0.15) is 12.9 Å². The second-order valence-electron chi connectivity index (χ2n) is 15.3. The summed E-state index contributed by atoms with van der Waals surface area (Å²) in [6.07, 6.45) is 7.98. The summed E-state index contributed by atoms with van der Waals surface area (Å²) >= 11 is 0.